The molecular formula is C16H21FN6O. The molecule has 1 aliphatic rings. The van der Waals surface area contributed by atoms with Gasteiger partial charge in [-0.25, -0.2) is 4.39 Å². The number of rotatable bonds is 4. The second-order valence-electron chi connectivity index (χ2n) is 5.98. The molecule has 1 amide bonds. The molecule has 0 spiro atoms. The molecule has 2 aromatic rings. The number of hydrogen-bond acceptors (Lipinski definition) is 5. The summed E-state index contributed by atoms with van der Waals surface area (Å²) in [7, 11) is 0. The Morgan fingerprint density at radius 3 is 2.67 bits per heavy atom. The lowest BCUT2D eigenvalue weighted by molar-refractivity contribution is -0.117. The molecule has 1 aliphatic heterocycles. The summed E-state index contributed by atoms with van der Waals surface area (Å²) in [5, 5.41) is 9.83. The molecule has 24 heavy (non-hydrogen) atoms. The lowest BCUT2D eigenvalue weighted by Gasteiger charge is -2.35. The summed E-state index contributed by atoms with van der Waals surface area (Å²) in [6, 6.07) is 1.49. The van der Waals surface area contributed by atoms with Gasteiger partial charge in [0.1, 0.15) is 5.82 Å². The standard InChI is InChI=1S/C16H21FN6O/c1-11-16(12(2)21-20-11)19-15(24)10-22-3-5-23(6-4-22)14-7-13(17)8-18-9-14/h7-9H,3-6,10H2,1-2H3,(H,19,24)(H,20,21). The lowest BCUT2D eigenvalue weighted by Crippen LogP contribution is -2.48. The van der Waals surface area contributed by atoms with Gasteiger partial charge in [-0.05, 0) is 13.8 Å². The molecule has 1 fully saturated rings. The van der Waals surface area contributed by atoms with Crippen LogP contribution in [0, 0.1) is 19.7 Å². The number of aryl methyl sites for hydroxylation is 2. The average Bonchev–Trinajstić information content (AvgIpc) is 2.87. The van der Waals surface area contributed by atoms with Crippen LogP contribution in [0.25, 0.3) is 0 Å². The summed E-state index contributed by atoms with van der Waals surface area (Å²) in [5.41, 5.74) is 3.17. The number of nitrogens with zero attached hydrogens (tertiary/aromatic N) is 4. The number of carbonyl (C=O) groups is 1. The van der Waals surface area contributed by atoms with E-state index in [1.54, 1.807) is 6.20 Å². The molecule has 3 heterocycles. The predicted molar refractivity (Wildman–Crippen MR) is 89.5 cm³/mol. The second-order valence-corrected chi connectivity index (χ2v) is 5.98. The van der Waals surface area contributed by atoms with E-state index >= 15 is 0 Å². The molecule has 2 aromatic heterocycles. The van der Waals surface area contributed by atoms with Crippen molar-refractivity contribution < 1.29 is 9.18 Å². The van der Waals surface area contributed by atoms with Crippen LogP contribution in [-0.2, 0) is 4.79 Å². The topological polar surface area (TPSA) is 77.2 Å². The van der Waals surface area contributed by atoms with Crippen molar-refractivity contribution in [3.63, 3.8) is 0 Å². The zero-order valence-corrected chi connectivity index (χ0v) is 13.8. The van der Waals surface area contributed by atoms with Crippen LogP contribution in [0.2, 0.25) is 0 Å². The minimum atomic E-state index is -0.333. The molecule has 0 aromatic carbocycles. The van der Waals surface area contributed by atoms with E-state index in [1.165, 1.54) is 12.3 Å². The number of hydrogen-bond donors (Lipinski definition) is 2. The molecule has 8 heteroatoms. The van der Waals surface area contributed by atoms with E-state index in [9.17, 15) is 9.18 Å². The van der Waals surface area contributed by atoms with E-state index in [2.05, 4.69) is 30.3 Å². The number of aromatic nitrogens is 3. The number of aromatic amines is 1. The Kier molecular flexibility index (Phi) is 4.75. The van der Waals surface area contributed by atoms with Crippen molar-refractivity contribution in [3.05, 3.63) is 35.7 Å². The van der Waals surface area contributed by atoms with Gasteiger partial charge in [-0.15, -0.1) is 0 Å². The molecule has 1 saturated heterocycles. The summed E-state index contributed by atoms with van der Waals surface area (Å²) in [5.74, 6) is -0.386. The van der Waals surface area contributed by atoms with Crippen LogP contribution in [0.3, 0.4) is 0 Å². The van der Waals surface area contributed by atoms with Gasteiger partial charge in [0.2, 0.25) is 5.91 Å². The van der Waals surface area contributed by atoms with Crippen LogP contribution in [0.5, 0.6) is 0 Å². The lowest BCUT2D eigenvalue weighted by atomic mass is 10.2. The predicted octanol–water partition coefficient (Wildman–Crippen LogP) is 1.32. The number of piperazine rings is 1. The van der Waals surface area contributed by atoms with Crippen LogP contribution < -0.4 is 10.2 Å². The molecule has 0 bridgehead atoms. The van der Waals surface area contributed by atoms with Gasteiger partial charge in [0.15, 0.2) is 0 Å². The summed E-state index contributed by atoms with van der Waals surface area (Å²) in [6.45, 7) is 7.02. The minimum Gasteiger partial charge on any atom is -0.368 e. The van der Waals surface area contributed by atoms with E-state index in [-0.39, 0.29) is 11.7 Å². The maximum absolute atomic E-state index is 13.3. The van der Waals surface area contributed by atoms with Crippen LogP contribution in [-0.4, -0.2) is 58.7 Å². The van der Waals surface area contributed by atoms with Crippen molar-refractivity contribution in [2.45, 2.75) is 13.8 Å². The van der Waals surface area contributed by atoms with E-state index in [0.717, 1.165) is 48.9 Å². The smallest absolute Gasteiger partial charge is 0.238 e. The maximum Gasteiger partial charge on any atom is 0.238 e. The molecule has 2 N–H and O–H groups in total. The number of carbonyl (C=O) groups excluding carboxylic acids is 1. The highest BCUT2D eigenvalue weighted by atomic mass is 19.1. The molecular weight excluding hydrogens is 311 g/mol. The number of nitrogens with one attached hydrogen (secondary N) is 2. The Bertz CT molecular complexity index is 704. The van der Waals surface area contributed by atoms with Crippen LogP contribution >= 0.6 is 0 Å². The zero-order chi connectivity index (χ0) is 17.1. The number of halogens is 1. The van der Waals surface area contributed by atoms with Crippen LogP contribution in [0.15, 0.2) is 18.5 Å². The first-order chi connectivity index (χ1) is 11.5. The van der Waals surface area contributed by atoms with E-state index in [4.69, 9.17) is 0 Å². The van der Waals surface area contributed by atoms with Crippen molar-refractivity contribution in [2.24, 2.45) is 0 Å². The Morgan fingerprint density at radius 1 is 1.29 bits per heavy atom. The van der Waals surface area contributed by atoms with Gasteiger partial charge in [-0.2, -0.15) is 5.10 Å². The van der Waals surface area contributed by atoms with Crippen molar-refractivity contribution in [3.8, 4) is 0 Å². The number of pyridine rings is 1. The van der Waals surface area contributed by atoms with Crippen molar-refractivity contribution in [1.82, 2.24) is 20.1 Å². The van der Waals surface area contributed by atoms with E-state index in [1.807, 2.05) is 13.8 Å². The molecule has 0 atom stereocenters. The largest absolute Gasteiger partial charge is 0.368 e. The third kappa shape index (κ3) is 3.70. The summed E-state index contributed by atoms with van der Waals surface area (Å²) in [4.78, 5) is 20.3. The number of H-pyrrole nitrogens is 1. The maximum atomic E-state index is 13.3. The Balaban J connectivity index is 1.51. The van der Waals surface area contributed by atoms with Crippen molar-refractivity contribution in [1.29, 1.82) is 0 Å². The zero-order valence-electron chi connectivity index (χ0n) is 13.8. The second kappa shape index (κ2) is 6.96. The first-order valence-electron chi connectivity index (χ1n) is 7.92. The van der Waals surface area contributed by atoms with Gasteiger partial charge < -0.3 is 10.2 Å². The van der Waals surface area contributed by atoms with Gasteiger partial charge in [0, 0.05) is 32.2 Å². The summed E-state index contributed by atoms with van der Waals surface area (Å²) >= 11 is 0. The average molecular weight is 332 g/mol. The molecule has 0 radical (unpaired) electrons. The van der Waals surface area contributed by atoms with Gasteiger partial charge in [0.25, 0.3) is 0 Å². The van der Waals surface area contributed by atoms with Gasteiger partial charge >= 0.3 is 0 Å². The van der Waals surface area contributed by atoms with Gasteiger partial charge in [-0.3, -0.25) is 19.8 Å². The Labute approximate surface area is 139 Å². The highest BCUT2D eigenvalue weighted by Crippen LogP contribution is 2.17. The highest BCUT2D eigenvalue weighted by Gasteiger charge is 2.20. The third-order valence-corrected chi connectivity index (χ3v) is 4.19. The quantitative estimate of drug-likeness (QED) is 0.883. The summed E-state index contributed by atoms with van der Waals surface area (Å²) < 4.78 is 13.3. The SMILES string of the molecule is Cc1n[nH]c(C)c1NC(=O)CN1CCN(c2cncc(F)c2)CC1. The normalized spacial score (nSPS) is 15.5. The van der Waals surface area contributed by atoms with Crippen LogP contribution in [0.1, 0.15) is 11.4 Å². The minimum absolute atomic E-state index is 0.0523. The Morgan fingerprint density at radius 2 is 2.04 bits per heavy atom. The molecule has 0 saturated carbocycles. The molecule has 7 nitrogen and oxygen atoms in total. The first-order valence-corrected chi connectivity index (χ1v) is 7.92. The monoisotopic (exact) mass is 332 g/mol. The molecule has 3 rings (SSSR count). The van der Waals surface area contributed by atoms with E-state index < -0.39 is 0 Å². The van der Waals surface area contributed by atoms with E-state index in [0.29, 0.717) is 6.54 Å². The number of amides is 1. The first kappa shape index (κ1) is 16.4. The fraction of sp³-hybridized carbons (Fsp3) is 0.438. The molecule has 0 aliphatic carbocycles. The van der Waals surface area contributed by atoms with Crippen molar-refractivity contribution in [2.75, 3.05) is 42.9 Å². The fourth-order valence-electron chi connectivity index (χ4n) is 2.85. The Hall–Kier alpha value is -2.48. The summed E-state index contributed by atoms with van der Waals surface area (Å²) in [6.07, 6.45) is 2.86. The van der Waals surface area contributed by atoms with Crippen molar-refractivity contribution >= 4 is 17.3 Å². The molecule has 128 valence electrons. The highest BCUT2D eigenvalue weighted by molar-refractivity contribution is 5.93. The van der Waals surface area contributed by atoms with Gasteiger partial charge in [-0.1, -0.05) is 0 Å². The van der Waals surface area contributed by atoms with Crippen LogP contribution in [0.4, 0.5) is 15.8 Å². The number of anilines is 2. The molecule has 0 unspecified atom stereocenters. The van der Waals surface area contributed by atoms with Gasteiger partial charge in [0.05, 0.1) is 41.7 Å². The third-order valence-electron chi connectivity index (χ3n) is 4.19. The fourth-order valence-corrected chi connectivity index (χ4v) is 2.85.